The predicted octanol–water partition coefficient (Wildman–Crippen LogP) is 4.67. The van der Waals surface area contributed by atoms with Gasteiger partial charge in [-0.2, -0.15) is 0 Å². The molecule has 0 saturated heterocycles. The molecule has 0 saturated carbocycles. The molecule has 0 bridgehead atoms. The molecule has 21 heavy (non-hydrogen) atoms. The van der Waals surface area contributed by atoms with Crippen molar-refractivity contribution in [2.24, 2.45) is 0 Å². The molecule has 0 fully saturated rings. The van der Waals surface area contributed by atoms with Crippen LogP contribution < -0.4 is 5.73 Å². The number of para-hydroxylation sites is 1. The van der Waals surface area contributed by atoms with Crippen molar-refractivity contribution in [3.8, 4) is 5.69 Å². The summed E-state index contributed by atoms with van der Waals surface area (Å²) in [6.07, 6.45) is 0. The molecular weight excluding hydrogens is 256 g/mol. The van der Waals surface area contributed by atoms with Gasteiger partial charge in [0, 0.05) is 22.1 Å². The fourth-order valence-corrected chi connectivity index (χ4v) is 3.00. The van der Waals surface area contributed by atoms with E-state index in [-0.39, 0.29) is 0 Å². The first-order valence-corrected chi connectivity index (χ1v) is 7.10. The Morgan fingerprint density at radius 2 is 1.57 bits per heavy atom. The monoisotopic (exact) mass is 272 g/mol. The predicted molar refractivity (Wildman–Crippen MR) is 89.9 cm³/mol. The van der Waals surface area contributed by atoms with Crippen LogP contribution in [0.15, 0.2) is 66.7 Å². The van der Waals surface area contributed by atoms with Gasteiger partial charge < -0.3 is 10.3 Å². The van der Waals surface area contributed by atoms with Crippen LogP contribution in [-0.2, 0) is 0 Å². The van der Waals surface area contributed by atoms with Crippen LogP contribution in [0.25, 0.3) is 27.5 Å². The second kappa shape index (κ2) is 4.38. The minimum atomic E-state index is 0.801. The summed E-state index contributed by atoms with van der Waals surface area (Å²) in [5.74, 6) is 0. The Labute approximate surface area is 123 Å². The number of fused-ring (bicyclic) bond motifs is 3. The van der Waals surface area contributed by atoms with Crippen molar-refractivity contribution in [1.29, 1.82) is 0 Å². The normalized spacial score (nSPS) is 11.3. The van der Waals surface area contributed by atoms with Crippen LogP contribution in [0, 0.1) is 6.92 Å². The Kier molecular flexibility index (Phi) is 2.51. The Morgan fingerprint density at radius 3 is 2.38 bits per heavy atom. The Bertz CT molecular complexity index is 950. The minimum absolute atomic E-state index is 0.801. The van der Waals surface area contributed by atoms with Gasteiger partial charge in [-0.25, -0.2) is 0 Å². The van der Waals surface area contributed by atoms with Gasteiger partial charge in [0.05, 0.1) is 11.0 Å². The first-order chi connectivity index (χ1) is 10.2. The lowest BCUT2D eigenvalue weighted by Gasteiger charge is -2.07. The Balaban J connectivity index is 2.23. The highest BCUT2D eigenvalue weighted by atomic mass is 15.0. The van der Waals surface area contributed by atoms with E-state index in [1.54, 1.807) is 0 Å². The Hall–Kier alpha value is -2.74. The number of anilines is 1. The number of aromatic nitrogens is 1. The van der Waals surface area contributed by atoms with E-state index in [1.165, 1.54) is 33.1 Å². The molecule has 1 heterocycles. The molecule has 4 rings (SSSR count). The second-order valence-corrected chi connectivity index (χ2v) is 5.47. The topological polar surface area (TPSA) is 30.9 Å². The maximum Gasteiger partial charge on any atom is 0.0543 e. The minimum Gasteiger partial charge on any atom is -0.399 e. The maximum absolute atomic E-state index is 5.98. The van der Waals surface area contributed by atoms with Crippen LogP contribution in [0.4, 0.5) is 5.69 Å². The highest BCUT2D eigenvalue weighted by Gasteiger charge is 2.12. The van der Waals surface area contributed by atoms with Crippen LogP contribution in [-0.4, -0.2) is 4.57 Å². The van der Waals surface area contributed by atoms with E-state index < -0.39 is 0 Å². The lowest BCUT2D eigenvalue weighted by Crippen LogP contribution is -1.93. The van der Waals surface area contributed by atoms with Crippen LogP contribution in [0.5, 0.6) is 0 Å². The quantitative estimate of drug-likeness (QED) is 0.501. The van der Waals surface area contributed by atoms with E-state index >= 15 is 0 Å². The molecule has 0 spiro atoms. The van der Waals surface area contributed by atoms with Gasteiger partial charge in [-0.05, 0) is 48.9 Å². The van der Waals surface area contributed by atoms with E-state index in [0.717, 1.165) is 5.69 Å². The third-order valence-electron chi connectivity index (χ3n) is 3.96. The molecule has 0 radical (unpaired) electrons. The lowest BCUT2D eigenvalue weighted by atomic mass is 10.1. The molecule has 0 atom stereocenters. The van der Waals surface area contributed by atoms with Crippen molar-refractivity contribution >= 4 is 27.5 Å². The van der Waals surface area contributed by atoms with Crippen LogP contribution in [0.3, 0.4) is 0 Å². The van der Waals surface area contributed by atoms with Gasteiger partial charge in [-0.15, -0.1) is 0 Å². The number of benzene rings is 3. The largest absolute Gasteiger partial charge is 0.399 e. The fourth-order valence-electron chi connectivity index (χ4n) is 3.00. The molecule has 0 amide bonds. The van der Waals surface area contributed by atoms with Crippen molar-refractivity contribution in [2.75, 3.05) is 5.73 Å². The molecule has 3 aromatic carbocycles. The van der Waals surface area contributed by atoms with Crippen molar-refractivity contribution in [1.82, 2.24) is 4.57 Å². The van der Waals surface area contributed by atoms with Crippen molar-refractivity contribution in [2.45, 2.75) is 6.92 Å². The summed E-state index contributed by atoms with van der Waals surface area (Å²) in [5, 5.41) is 2.45. The molecule has 102 valence electrons. The smallest absolute Gasteiger partial charge is 0.0543 e. The van der Waals surface area contributed by atoms with E-state index in [1.807, 2.05) is 12.1 Å². The molecule has 4 aromatic rings. The van der Waals surface area contributed by atoms with Gasteiger partial charge in [0.25, 0.3) is 0 Å². The zero-order valence-electron chi connectivity index (χ0n) is 11.9. The lowest BCUT2D eigenvalue weighted by molar-refractivity contribution is 1.18. The summed E-state index contributed by atoms with van der Waals surface area (Å²) in [5.41, 5.74) is 11.6. The van der Waals surface area contributed by atoms with Crippen LogP contribution in [0.2, 0.25) is 0 Å². The third kappa shape index (κ3) is 1.80. The van der Waals surface area contributed by atoms with E-state index in [0.29, 0.717) is 0 Å². The fraction of sp³-hybridized carbons (Fsp3) is 0.0526. The SMILES string of the molecule is Cc1ccc2c3cc(N)ccc3n(-c3ccccc3)c2c1. The summed E-state index contributed by atoms with van der Waals surface area (Å²) in [7, 11) is 0. The Morgan fingerprint density at radius 1 is 0.762 bits per heavy atom. The van der Waals surface area contributed by atoms with Gasteiger partial charge in [-0.3, -0.25) is 0 Å². The average Bonchev–Trinajstić information content (AvgIpc) is 2.81. The summed E-state index contributed by atoms with van der Waals surface area (Å²) < 4.78 is 2.30. The molecule has 0 aliphatic rings. The highest BCUT2D eigenvalue weighted by molar-refractivity contribution is 6.10. The molecule has 0 aliphatic carbocycles. The second-order valence-electron chi connectivity index (χ2n) is 5.47. The zero-order valence-corrected chi connectivity index (χ0v) is 11.9. The molecular formula is C19H16N2. The highest BCUT2D eigenvalue weighted by Crippen LogP contribution is 2.33. The van der Waals surface area contributed by atoms with E-state index in [2.05, 4.69) is 66.1 Å². The van der Waals surface area contributed by atoms with Crippen molar-refractivity contribution < 1.29 is 0 Å². The molecule has 2 nitrogen and oxygen atoms in total. The van der Waals surface area contributed by atoms with Gasteiger partial charge >= 0.3 is 0 Å². The van der Waals surface area contributed by atoms with Crippen molar-refractivity contribution in [3.63, 3.8) is 0 Å². The molecule has 2 N–H and O–H groups in total. The van der Waals surface area contributed by atoms with Gasteiger partial charge in [0.15, 0.2) is 0 Å². The van der Waals surface area contributed by atoms with E-state index in [4.69, 9.17) is 5.73 Å². The number of nitrogens with two attached hydrogens (primary N) is 1. The van der Waals surface area contributed by atoms with Crippen molar-refractivity contribution in [3.05, 3.63) is 72.3 Å². The average molecular weight is 272 g/mol. The molecule has 0 unspecified atom stereocenters. The first kappa shape index (κ1) is 12.0. The first-order valence-electron chi connectivity index (χ1n) is 7.10. The number of nitrogens with zero attached hydrogens (tertiary/aromatic N) is 1. The number of rotatable bonds is 1. The van der Waals surface area contributed by atoms with Gasteiger partial charge in [0.1, 0.15) is 0 Å². The third-order valence-corrected chi connectivity index (χ3v) is 3.96. The summed E-state index contributed by atoms with van der Waals surface area (Å²) in [4.78, 5) is 0. The number of aryl methyl sites for hydroxylation is 1. The summed E-state index contributed by atoms with van der Waals surface area (Å²) in [6, 6.07) is 23.2. The van der Waals surface area contributed by atoms with Crippen LogP contribution in [0.1, 0.15) is 5.56 Å². The number of hydrogen-bond donors (Lipinski definition) is 1. The molecule has 2 heteroatoms. The maximum atomic E-state index is 5.98. The number of hydrogen-bond acceptors (Lipinski definition) is 1. The number of nitrogen functional groups attached to an aromatic ring is 1. The summed E-state index contributed by atoms with van der Waals surface area (Å²) >= 11 is 0. The molecule has 1 aromatic heterocycles. The summed E-state index contributed by atoms with van der Waals surface area (Å²) in [6.45, 7) is 2.13. The van der Waals surface area contributed by atoms with Crippen LogP contribution >= 0.6 is 0 Å². The standard InChI is InChI=1S/C19H16N2/c1-13-7-9-16-17-12-14(20)8-10-18(17)21(19(16)11-13)15-5-3-2-4-6-15/h2-12H,20H2,1H3. The molecule has 0 aliphatic heterocycles. The van der Waals surface area contributed by atoms with Gasteiger partial charge in [-0.1, -0.05) is 30.3 Å². The zero-order chi connectivity index (χ0) is 14.4. The van der Waals surface area contributed by atoms with Gasteiger partial charge in [0.2, 0.25) is 0 Å². The van der Waals surface area contributed by atoms with E-state index in [9.17, 15) is 0 Å².